The minimum absolute atomic E-state index is 0.305. The van der Waals surface area contributed by atoms with E-state index in [1.165, 1.54) is 4.90 Å². The van der Waals surface area contributed by atoms with Crippen LogP contribution in [0.3, 0.4) is 0 Å². The zero-order chi connectivity index (χ0) is 22.2. The number of nitrogens with two attached hydrogens (primary N) is 1. The minimum Gasteiger partial charge on any atom is -0.366 e. The number of amides is 3. The number of rotatable bonds is 5. The summed E-state index contributed by atoms with van der Waals surface area (Å²) in [5.41, 5.74) is 7.73. The Morgan fingerprint density at radius 2 is 1.66 bits per heavy atom. The van der Waals surface area contributed by atoms with E-state index in [0.717, 1.165) is 5.56 Å². The molecule has 2 aliphatic rings. The normalized spacial score (nSPS) is 22.9. The van der Waals surface area contributed by atoms with Crippen LogP contribution >= 0.6 is 0 Å². The third-order valence-electron chi connectivity index (χ3n) is 5.78. The maximum absolute atomic E-state index is 13.4. The molecule has 2 aliphatic heterocycles. The van der Waals surface area contributed by atoms with E-state index in [2.05, 4.69) is 4.98 Å². The van der Waals surface area contributed by atoms with Crippen molar-refractivity contribution in [2.45, 2.75) is 18.7 Å². The first-order valence-electron chi connectivity index (χ1n) is 10.2. The quantitative estimate of drug-likeness (QED) is 0.625. The van der Waals surface area contributed by atoms with Gasteiger partial charge in [-0.3, -0.25) is 24.2 Å². The van der Waals surface area contributed by atoms with Crippen LogP contribution in [0.25, 0.3) is 0 Å². The molecule has 2 N–H and O–H groups in total. The molecule has 5 rings (SSSR count). The van der Waals surface area contributed by atoms with Gasteiger partial charge in [0.15, 0.2) is 6.10 Å². The lowest BCUT2D eigenvalue weighted by atomic mass is 9.93. The summed E-state index contributed by atoms with van der Waals surface area (Å²) in [4.78, 5) is 49.6. The molecule has 3 aromatic rings. The van der Waals surface area contributed by atoms with Crippen LogP contribution in [-0.4, -0.2) is 33.9 Å². The van der Waals surface area contributed by atoms with E-state index >= 15 is 0 Å². The zero-order valence-electron chi connectivity index (χ0n) is 17.0. The van der Waals surface area contributed by atoms with Crippen LogP contribution in [0.4, 0.5) is 5.69 Å². The Kier molecular flexibility index (Phi) is 5.01. The second-order valence-corrected chi connectivity index (χ2v) is 7.74. The van der Waals surface area contributed by atoms with Gasteiger partial charge in [-0.1, -0.05) is 36.4 Å². The predicted octanol–water partition coefficient (Wildman–Crippen LogP) is 2.23. The summed E-state index contributed by atoms with van der Waals surface area (Å²) >= 11 is 0. The molecule has 3 unspecified atom stereocenters. The number of primary amides is 1. The number of anilines is 1. The van der Waals surface area contributed by atoms with Crippen LogP contribution < -0.4 is 10.6 Å². The highest BCUT2D eigenvalue weighted by atomic mass is 16.7. The maximum atomic E-state index is 13.4. The lowest BCUT2D eigenvalue weighted by Crippen LogP contribution is -2.37. The molecular weight excluding hydrogens is 408 g/mol. The van der Waals surface area contributed by atoms with Crippen molar-refractivity contribution in [3.05, 3.63) is 95.8 Å². The zero-order valence-corrected chi connectivity index (χ0v) is 17.0. The van der Waals surface area contributed by atoms with Crippen molar-refractivity contribution in [3.8, 4) is 0 Å². The second kappa shape index (κ2) is 7.99. The van der Waals surface area contributed by atoms with Crippen molar-refractivity contribution < 1.29 is 19.2 Å². The van der Waals surface area contributed by atoms with Gasteiger partial charge >= 0.3 is 0 Å². The summed E-state index contributed by atoms with van der Waals surface area (Å²) in [5.74, 6) is -1.93. The van der Waals surface area contributed by atoms with Gasteiger partial charge in [-0.05, 0) is 42.0 Å². The van der Waals surface area contributed by atoms with E-state index in [4.69, 9.17) is 10.6 Å². The van der Waals surface area contributed by atoms with Crippen LogP contribution in [0.15, 0.2) is 79.0 Å². The maximum Gasteiger partial charge on any atom is 0.265 e. The van der Waals surface area contributed by atoms with E-state index in [-0.39, 0.29) is 5.91 Å². The van der Waals surface area contributed by atoms with Crippen molar-refractivity contribution in [2.24, 2.45) is 11.7 Å². The van der Waals surface area contributed by atoms with Crippen molar-refractivity contribution in [1.29, 1.82) is 0 Å². The Balaban J connectivity index is 1.48. The Labute approximate surface area is 184 Å². The summed E-state index contributed by atoms with van der Waals surface area (Å²) in [6.45, 7) is 0.305. The fourth-order valence-corrected chi connectivity index (χ4v) is 4.27. The van der Waals surface area contributed by atoms with Gasteiger partial charge in [0.2, 0.25) is 11.8 Å². The lowest BCUT2D eigenvalue weighted by Gasteiger charge is -2.26. The number of hydrogen-bond donors (Lipinski definition) is 1. The summed E-state index contributed by atoms with van der Waals surface area (Å²) in [6.07, 6.45) is 0.721. The summed E-state index contributed by atoms with van der Waals surface area (Å²) in [6, 6.07) is 20.6. The number of para-hydroxylation sites is 1. The molecule has 3 heterocycles. The van der Waals surface area contributed by atoms with Gasteiger partial charge in [0.1, 0.15) is 0 Å². The molecule has 2 aromatic carbocycles. The van der Waals surface area contributed by atoms with E-state index < -0.39 is 29.9 Å². The van der Waals surface area contributed by atoms with Crippen molar-refractivity contribution in [1.82, 2.24) is 10.0 Å². The molecule has 1 aromatic heterocycles. The Hall–Kier alpha value is -3.88. The topological polar surface area (TPSA) is 106 Å². The average molecular weight is 428 g/mol. The highest BCUT2D eigenvalue weighted by Gasteiger charge is 2.60. The van der Waals surface area contributed by atoms with Gasteiger partial charge in [0.05, 0.1) is 23.3 Å². The number of imide groups is 1. The number of pyridine rings is 1. The molecule has 32 heavy (non-hydrogen) atoms. The van der Waals surface area contributed by atoms with Gasteiger partial charge in [0, 0.05) is 18.3 Å². The highest BCUT2D eigenvalue weighted by molar-refractivity contribution is 6.23. The number of carbonyl (C=O) groups excluding carboxylic acids is 3. The molecule has 0 radical (unpaired) electrons. The SMILES string of the molecule is NC(=O)c1ccc(CN2OC3C(=O)N(c4ccccc4)C(=O)C3C2c2ccccn2)cc1. The van der Waals surface area contributed by atoms with Crippen molar-refractivity contribution >= 4 is 23.4 Å². The minimum atomic E-state index is -0.931. The number of hydroxylamine groups is 2. The van der Waals surface area contributed by atoms with Gasteiger partial charge in [-0.25, -0.2) is 4.90 Å². The lowest BCUT2D eigenvalue weighted by molar-refractivity contribution is -0.177. The predicted molar refractivity (Wildman–Crippen MR) is 115 cm³/mol. The molecule has 3 atom stereocenters. The average Bonchev–Trinajstić information content (AvgIpc) is 3.30. The first-order chi connectivity index (χ1) is 15.5. The molecule has 8 heteroatoms. The summed E-state index contributed by atoms with van der Waals surface area (Å²) < 4.78 is 0. The fourth-order valence-electron chi connectivity index (χ4n) is 4.27. The third kappa shape index (κ3) is 3.35. The smallest absolute Gasteiger partial charge is 0.265 e. The monoisotopic (exact) mass is 428 g/mol. The number of carbonyl (C=O) groups is 3. The molecule has 0 bridgehead atoms. The van der Waals surface area contributed by atoms with Gasteiger partial charge in [-0.2, -0.15) is 5.06 Å². The van der Waals surface area contributed by atoms with Gasteiger partial charge < -0.3 is 5.73 Å². The standard InChI is InChI=1S/C24H20N4O4/c25-22(29)16-11-9-15(10-12-16)14-27-20(18-8-4-5-13-26-18)19-21(32-27)24(31)28(23(19)30)17-6-2-1-3-7-17/h1-13,19-21H,14H2,(H2,25,29). The van der Waals surface area contributed by atoms with E-state index in [1.807, 2.05) is 18.2 Å². The third-order valence-corrected chi connectivity index (χ3v) is 5.78. The number of benzene rings is 2. The van der Waals surface area contributed by atoms with E-state index in [9.17, 15) is 14.4 Å². The van der Waals surface area contributed by atoms with Crippen LogP contribution in [-0.2, 0) is 21.0 Å². The van der Waals surface area contributed by atoms with Crippen molar-refractivity contribution in [3.63, 3.8) is 0 Å². The molecule has 0 aliphatic carbocycles. The van der Waals surface area contributed by atoms with Gasteiger partial charge in [-0.15, -0.1) is 0 Å². The number of hydrogen-bond acceptors (Lipinski definition) is 6. The summed E-state index contributed by atoms with van der Waals surface area (Å²) in [7, 11) is 0. The molecule has 2 saturated heterocycles. The first-order valence-corrected chi connectivity index (χ1v) is 10.2. The van der Waals surface area contributed by atoms with Crippen LogP contribution in [0.1, 0.15) is 27.7 Å². The molecule has 0 saturated carbocycles. The Morgan fingerprint density at radius 1 is 0.938 bits per heavy atom. The van der Waals surface area contributed by atoms with Gasteiger partial charge in [0.25, 0.3) is 5.91 Å². The Morgan fingerprint density at radius 3 is 2.31 bits per heavy atom. The molecular formula is C24H20N4O4. The van der Waals surface area contributed by atoms with Crippen molar-refractivity contribution in [2.75, 3.05) is 4.90 Å². The largest absolute Gasteiger partial charge is 0.366 e. The number of aromatic nitrogens is 1. The van der Waals surface area contributed by atoms with Crippen LogP contribution in [0.5, 0.6) is 0 Å². The molecule has 160 valence electrons. The second-order valence-electron chi connectivity index (χ2n) is 7.74. The van der Waals surface area contributed by atoms with E-state index in [0.29, 0.717) is 23.5 Å². The molecule has 8 nitrogen and oxygen atoms in total. The first kappa shape index (κ1) is 20.0. The van der Waals surface area contributed by atoms with Crippen LogP contribution in [0, 0.1) is 5.92 Å². The highest BCUT2D eigenvalue weighted by Crippen LogP contribution is 2.45. The number of fused-ring (bicyclic) bond motifs is 1. The molecule has 0 spiro atoms. The number of nitrogens with zero attached hydrogens (tertiary/aromatic N) is 3. The van der Waals surface area contributed by atoms with E-state index in [1.54, 1.807) is 65.9 Å². The molecule has 3 amide bonds. The summed E-state index contributed by atoms with van der Waals surface area (Å²) in [5, 5.41) is 1.63. The molecule has 2 fully saturated rings. The van der Waals surface area contributed by atoms with Crippen LogP contribution in [0.2, 0.25) is 0 Å². The fraction of sp³-hybridized carbons (Fsp3) is 0.167. The Bertz CT molecular complexity index is 1170.